The van der Waals surface area contributed by atoms with Crippen LogP contribution in [0.2, 0.25) is 0 Å². The van der Waals surface area contributed by atoms with Crippen LogP contribution < -0.4 is 0 Å². The molecule has 0 radical (unpaired) electrons. The third kappa shape index (κ3) is 5.68. The van der Waals surface area contributed by atoms with E-state index in [1.54, 1.807) is 23.2 Å². The first-order valence-electron chi connectivity index (χ1n) is 9.04. The average molecular weight is 399 g/mol. The predicted molar refractivity (Wildman–Crippen MR) is 109 cm³/mol. The molecule has 5 nitrogen and oxygen atoms in total. The molecule has 0 aliphatic carbocycles. The van der Waals surface area contributed by atoms with Gasteiger partial charge in [0.05, 0.1) is 17.8 Å². The zero-order chi connectivity index (χ0) is 19.9. The molecule has 0 saturated carbocycles. The normalized spacial score (nSPS) is 11.0. The molecule has 0 N–H and O–H groups in total. The highest BCUT2D eigenvalue weighted by molar-refractivity contribution is 7.13. The largest absolute Gasteiger partial charge is 0.337 e. The van der Waals surface area contributed by atoms with Crippen LogP contribution in [-0.4, -0.2) is 52.9 Å². The fourth-order valence-electron chi connectivity index (χ4n) is 2.68. The summed E-state index contributed by atoms with van der Waals surface area (Å²) in [5.41, 5.74) is 2.45. The van der Waals surface area contributed by atoms with Crippen LogP contribution in [-0.2, 0) is 17.8 Å². The van der Waals surface area contributed by atoms with Crippen molar-refractivity contribution in [1.82, 2.24) is 19.8 Å². The molecule has 3 rings (SSSR count). The van der Waals surface area contributed by atoms with Crippen LogP contribution in [0.1, 0.15) is 11.3 Å². The first-order chi connectivity index (χ1) is 13.5. The van der Waals surface area contributed by atoms with Gasteiger partial charge in [0.1, 0.15) is 10.8 Å². The lowest BCUT2D eigenvalue weighted by atomic mass is 10.2. The topological polar surface area (TPSA) is 49.3 Å². The van der Waals surface area contributed by atoms with Crippen LogP contribution in [0.5, 0.6) is 0 Å². The molecule has 0 aliphatic heterocycles. The van der Waals surface area contributed by atoms with Gasteiger partial charge in [-0.1, -0.05) is 18.2 Å². The zero-order valence-corrected chi connectivity index (χ0v) is 16.8. The van der Waals surface area contributed by atoms with Gasteiger partial charge in [0.2, 0.25) is 5.91 Å². The minimum absolute atomic E-state index is 0.00375. The average Bonchev–Trinajstić information content (AvgIpc) is 3.15. The molecule has 0 spiro atoms. The Labute approximate surface area is 168 Å². The predicted octanol–water partition coefficient (Wildman–Crippen LogP) is 3.48. The maximum atomic E-state index is 13.2. The van der Waals surface area contributed by atoms with Crippen LogP contribution in [0.25, 0.3) is 10.7 Å². The summed E-state index contributed by atoms with van der Waals surface area (Å²) in [6, 6.07) is 12.0. The van der Waals surface area contributed by atoms with E-state index < -0.39 is 0 Å². The molecule has 0 aliphatic rings. The Morgan fingerprint density at radius 3 is 2.57 bits per heavy atom. The number of carbonyl (C=O) groups is 1. The van der Waals surface area contributed by atoms with Crippen molar-refractivity contribution >= 4 is 17.2 Å². The van der Waals surface area contributed by atoms with E-state index in [2.05, 4.69) is 9.97 Å². The van der Waals surface area contributed by atoms with E-state index in [-0.39, 0.29) is 18.1 Å². The second kappa shape index (κ2) is 9.52. The maximum absolute atomic E-state index is 13.2. The van der Waals surface area contributed by atoms with Crippen molar-refractivity contribution in [3.05, 3.63) is 71.1 Å². The number of pyridine rings is 1. The molecule has 0 bridgehead atoms. The molecule has 0 atom stereocenters. The Morgan fingerprint density at radius 1 is 1.11 bits per heavy atom. The Balaban J connectivity index is 1.69. The summed E-state index contributed by atoms with van der Waals surface area (Å²) < 4.78 is 13.2. The van der Waals surface area contributed by atoms with Crippen LogP contribution in [0.3, 0.4) is 0 Å². The smallest absolute Gasteiger partial charge is 0.228 e. The van der Waals surface area contributed by atoms with Crippen molar-refractivity contribution in [2.45, 2.75) is 13.0 Å². The lowest BCUT2D eigenvalue weighted by molar-refractivity contribution is -0.131. The van der Waals surface area contributed by atoms with Gasteiger partial charge in [0, 0.05) is 31.2 Å². The van der Waals surface area contributed by atoms with Crippen LogP contribution in [0.4, 0.5) is 4.39 Å². The zero-order valence-electron chi connectivity index (χ0n) is 16.0. The minimum atomic E-state index is -0.278. The lowest BCUT2D eigenvalue weighted by Gasteiger charge is -2.24. The van der Waals surface area contributed by atoms with Crippen molar-refractivity contribution in [2.75, 3.05) is 27.2 Å². The van der Waals surface area contributed by atoms with Gasteiger partial charge in [-0.15, -0.1) is 11.3 Å². The quantitative estimate of drug-likeness (QED) is 0.583. The Hall–Kier alpha value is -2.64. The van der Waals surface area contributed by atoms with E-state index in [0.717, 1.165) is 28.5 Å². The number of halogens is 1. The van der Waals surface area contributed by atoms with Crippen molar-refractivity contribution in [3.63, 3.8) is 0 Å². The summed E-state index contributed by atoms with van der Waals surface area (Å²) in [6.07, 6.45) is 1.96. The van der Waals surface area contributed by atoms with Gasteiger partial charge in [-0.3, -0.25) is 9.78 Å². The number of carbonyl (C=O) groups excluding carboxylic acids is 1. The fraction of sp³-hybridized carbons (Fsp3) is 0.286. The second-order valence-corrected chi connectivity index (χ2v) is 7.64. The van der Waals surface area contributed by atoms with Crippen molar-refractivity contribution < 1.29 is 9.18 Å². The number of benzene rings is 1. The summed E-state index contributed by atoms with van der Waals surface area (Å²) in [4.78, 5) is 25.6. The Bertz CT molecular complexity index is 896. The van der Waals surface area contributed by atoms with Gasteiger partial charge < -0.3 is 9.80 Å². The van der Waals surface area contributed by atoms with Gasteiger partial charge in [-0.2, -0.15) is 0 Å². The van der Waals surface area contributed by atoms with Crippen molar-refractivity contribution in [1.29, 1.82) is 0 Å². The molecule has 0 saturated heterocycles. The number of hydrogen-bond donors (Lipinski definition) is 0. The number of thiazole rings is 1. The maximum Gasteiger partial charge on any atom is 0.228 e. The molecule has 146 valence electrons. The summed E-state index contributed by atoms with van der Waals surface area (Å²) in [5.74, 6) is -0.275. The lowest BCUT2D eigenvalue weighted by Crippen LogP contribution is -2.37. The fourth-order valence-corrected chi connectivity index (χ4v) is 3.48. The molecule has 1 amide bonds. The van der Waals surface area contributed by atoms with Crippen LogP contribution in [0, 0.1) is 5.82 Å². The Morgan fingerprint density at radius 2 is 1.89 bits per heavy atom. The standard InChI is InChI=1S/C21H23FN4OS/c1-25(2)11-12-26(14-16-6-8-17(22)9-7-16)20(27)13-18-15-28-21(24-18)19-5-3-4-10-23-19/h3-10,15H,11-14H2,1-2H3. The number of amides is 1. The molecule has 0 unspecified atom stereocenters. The summed E-state index contributed by atoms with van der Waals surface area (Å²) in [6.45, 7) is 1.80. The third-order valence-electron chi connectivity index (χ3n) is 4.22. The molecular formula is C21H23FN4OS. The van der Waals surface area contributed by atoms with E-state index in [0.29, 0.717) is 13.1 Å². The second-order valence-electron chi connectivity index (χ2n) is 6.78. The highest BCUT2D eigenvalue weighted by Gasteiger charge is 2.17. The van der Waals surface area contributed by atoms with Crippen molar-refractivity contribution in [2.24, 2.45) is 0 Å². The van der Waals surface area contributed by atoms with Gasteiger partial charge in [0.25, 0.3) is 0 Å². The van der Waals surface area contributed by atoms with E-state index >= 15 is 0 Å². The number of aromatic nitrogens is 2. The highest BCUT2D eigenvalue weighted by Crippen LogP contribution is 2.22. The Kier molecular flexibility index (Phi) is 6.84. The summed E-state index contributed by atoms with van der Waals surface area (Å²) in [7, 11) is 3.94. The van der Waals surface area contributed by atoms with E-state index in [9.17, 15) is 9.18 Å². The summed E-state index contributed by atoms with van der Waals surface area (Å²) in [5, 5.41) is 2.71. The van der Waals surface area contributed by atoms with Crippen LogP contribution >= 0.6 is 11.3 Å². The first kappa shape index (κ1) is 20.1. The minimum Gasteiger partial charge on any atom is -0.337 e. The highest BCUT2D eigenvalue weighted by atomic mass is 32.1. The van der Waals surface area contributed by atoms with Gasteiger partial charge in [-0.05, 0) is 43.9 Å². The molecular weight excluding hydrogens is 375 g/mol. The molecule has 3 aromatic rings. The SMILES string of the molecule is CN(C)CCN(Cc1ccc(F)cc1)C(=O)Cc1csc(-c2ccccn2)n1. The number of nitrogens with zero attached hydrogens (tertiary/aromatic N) is 4. The number of likely N-dealkylation sites (N-methyl/N-ethyl adjacent to an activating group) is 1. The number of hydrogen-bond acceptors (Lipinski definition) is 5. The van der Waals surface area contributed by atoms with Crippen molar-refractivity contribution in [3.8, 4) is 10.7 Å². The van der Waals surface area contributed by atoms with Gasteiger partial charge in [-0.25, -0.2) is 9.37 Å². The first-order valence-corrected chi connectivity index (χ1v) is 9.92. The van der Waals surface area contributed by atoms with E-state index in [4.69, 9.17) is 0 Å². The van der Waals surface area contributed by atoms with E-state index in [1.165, 1.54) is 23.5 Å². The molecule has 2 heterocycles. The third-order valence-corrected chi connectivity index (χ3v) is 5.14. The van der Waals surface area contributed by atoms with E-state index in [1.807, 2.05) is 42.6 Å². The monoisotopic (exact) mass is 398 g/mol. The molecule has 0 fully saturated rings. The number of rotatable bonds is 8. The summed E-state index contributed by atoms with van der Waals surface area (Å²) >= 11 is 1.49. The van der Waals surface area contributed by atoms with Gasteiger partial charge in [0.15, 0.2) is 0 Å². The molecule has 7 heteroatoms. The molecule has 1 aromatic carbocycles. The molecule has 2 aromatic heterocycles. The van der Waals surface area contributed by atoms with Crippen LogP contribution in [0.15, 0.2) is 54.0 Å². The van der Waals surface area contributed by atoms with Gasteiger partial charge >= 0.3 is 0 Å². The molecule has 28 heavy (non-hydrogen) atoms.